The van der Waals surface area contributed by atoms with Crippen LogP contribution in [-0.4, -0.2) is 16.9 Å². The van der Waals surface area contributed by atoms with E-state index in [1.54, 1.807) is 18.2 Å². The molecule has 2 amide bonds. The van der Waals surface area contributed by atoms with Gasteiger partial charge in [0.1, 0.15) is 0 Å². The second kappa shape index (κ2) is 11.0. The maximum Gasteiger partial charge on any atom is 0.416 e. The molecule has 3 N–H and O–H groups in total. The number of rotatable bonds is 5. The molecule has 0 spiro atoms. The molecule has 0 bridgehead atoms. The Balaban J connectivity index is 1.37. The van der Waals surface area contributed by atoms with Crippen molar-refractivity contribution in [3.8, 4) is 0 Å². The number of benzene rings is 4. The molecular weight excluding hydrogens is 499 g/mol. The molecule has 0 atom stereocenters. The number of halogens is 3. The van der Waals surface area contributed by atoms with E-state index in [0.29, 0.717) is 5.69 Å². The van der Waals surface area contributed by atoms with E-state index in [4.69, 9.17) is 12.2 Å². The fraction of sp³-hybridized carbons (Fsp3) is 0.0357. The second-order valence-corrected chi connectivity index (χ2v) is 8.37. The average Bonchev–Trinajstić information content (AvgIpc) is 2.87. The third-order valence-electron chi connectivity index (χ3n) is 5.30. The lowest BCUT2D eigenvalue weighted by atomic mass is 10.0. The molecule has 0 saturated carbocycles. The van der Waals surface area contributed by atoms with Gasteiger partial charge in [-0.3, -0.25) is 14.9 Å². The van der Waals surface area contributed by atoms with E-state index in [2.05, 4.69) is 16.0 Å². The predicted octanol–water partition coefficient (Wildman–Crippen LogP) is 6.64. The standard InChI is InChI=1S/C28H20F3N3O2S/c29-28(30,31)21-10-5-12-23(17-21)32-26(36)20-9-4-11-22(16-20)33-27(37)34-25(35)15-14-19-8-3-7-18-6-1-2-13-24(18)19/h1-17H,(H,32,36)(H2,33,34,35,37)/b15-14+. The topological polar surface area (TPSA) is 70.2 Å². The molecule has 0 unspecified atom stereocenters. The molecular formula is C28H20F3N3O2S. The quantitative estimate of drug-likeness (QED) is 0.204. The van der Waals surface area contributed by atoms with Crippen LogP contribution in [-0.2, 0) is 11.0 Å². The molecule has 4 rings (SSSR count). The average molecular weight is 520 g/mol. The Morgan fingerprint density at radius 2 is 1.46 bits per heavy atom. The molecule has 0 aliphatic rings. The molecule has 0 aliphatic heterocycles. The Hall–Kier alpha value is -4.50. The number of carbonyl (C=O) groups excluding carboxylic acids is 2. The van der Waals surface area contributed by atoms with Gasteiger partial charge in [0, 0.05) is 23.0 Å². The molecule has 0 radical (unpaired) electrons. The van der Waals surface area contributed by atoms with Crippen molar-refractivity contribution in [2.45, 2.75) is 6.18 Å². The first-order valence-corrected chi connectivity index (χ1v) is 11.5. The lowest BCUT2D eigenvalue weighted by Crippen LogP contribution is -2.32. The van der Waals surface area contributed by atoms with Crippen molar-refractivity contribution in [1.82, 2.24) is 5.32 Å². The number of nitrogens with one attached hydrogen (secondary N) is 3. The van der Waals surface area contributed by atoms with Gasteiger partial charge in [-0.15, -0.1) is 0 Å². The number of alkyl halides is 3. The van der Waals surface area contributed by atoms with Crippen LogP contribution in [0.1, 0.15) is 21.5 Å². The fourth-order valence-electron chi connectivity index (χ4n) is 3.59. The molecule has 186 valence electrons. The summed E-state index contributed by atoms with van der Waals surface area (Å²) in [6, 6.07) is 24.1. The molecule has 0 saturated heterocycles. The van der Waals surface area contributed by atoms with Crippen LogP contribution in [0.3, 0.4) is 0 Å². The largest absolute Gasteiger partial charge is 0.416 e. The Kier molecular flexibility index (Phi) is 7.64. The number of hydrogen-bond donors (Lipinski definition) is 3. The molecule has 0 aliphatic carbocycles. The van der Waals surface area contributed by atoms with E-state index < -0.39 is 23.6 Å². The van der Waals surface area contributed by atoms with Gasteiger partial charge in [0.15, 0.2) is 5.11 Å². The molecule has 37 heavy (non-hydrogen) atoms. The van der Waals surface area contributed by atoms with Crippen molar-refractivity contribution in [2.75, 3.05) is 10.6 Å². The third-order valence-corrected chi connectivity index (χ3v) is 5.51. The summed E-state index contributed by atoms with van der Waals surface area (Å²) in [4.78, 5) is 24.9. The Morgan fingerprint density at radius 3 is 2.24 bits per heavy atom. The van der Waals surface area contributed by atoms with Crippen LogP contribution >= 0.6 is 12.2 Å². The summed E-state index contributed by atoms with van der Waals surface area (Å²) < 4.78 is 38.8. The van der Waals surface area contributed by atoms with Gasteiger partial charge >= 0.3 is 6.18 Å². The minimum absolute atomic E-state index is 0.0129. The minimum Gasteiger partial charge on any atom is -0.332 e. The summed E-state index contributed by atoms with van der Waals surface area (Å²) in [7, 11) is 0. The molecule has 5 nitrogen and oxygen atoms in total. The summed E-state index contributed by atoms with van der Waals surface area (Å²) in [5, 5.41) is 9.90. The van der Waals surface area contributed by atoms with Gasteiger partial charge in [-0.05, 0) is 71.0 Å². The Labute approximate surface area is 216 Å². The van der Waals surface area contributed by atoms with E-state index in [9.17, 15) is 22.8 Å². The third kappa shape index (κ3) is 6.80. The molecule has 4 aromatic rings. The molecule has 0 heterocycles. The fourth-order valence-corrected chi connectivity index (χ4v) is 3.81. The van der Waals surface area contributed by atoms with Crippen LogP contribution in [0.15, 0.2) is 97.1 Å². The van der Waals surface area contributed by atoms with E-state index in [1.807, 2.05) is 42.5 Å². The Bertz CT molecular complexity index is 1510. The SMILES string of the molecule is O=C(/C=C/c1cccc2ccccc12)NC(=S)Nc1cccc(C(=O)Nc2cccc(C(F)(F)F)c2)c1. The van der Waals surface area contributed by atoms with Crippen LogP contribution in [0.2, 0.25) is 0 Å². The van der Waals surface area contributed by atoms with Crippen molar-refractivity contribution >= 4 is 57.4 Å². The number of fused-ring (bicyclic) bond motifs is 1. The smallest absolute Gasteiger partial charge is 0.332 e. The molecule has 0 fully saturated rings. The zero-order valence-electron chi connectivity index (χ0n) is 19.2. The number of thiocarbonyl (C=S) groups is 1. The summed E-state index contributed by atoms with van der Waals surface area (Å²) in [5.41, 5.74) is 0.634. The van der Waals surface area contributed by atoms with Crippen molar-refractivity contribution in [2.24, 2.45) is 0 Å². The van der Waals surface area contributed by atoms with E-state index in [0.717, 1.165) is 28.5 Å². The van der Waals surface area contributed by atoms with Gasteiger partial charge in [0.25, 0.3) is 5.91 Å². The van der Waals surface area contributed by atoms with Crippen LogP contribution in [0.4, 0.5) is 24.5 Å². The highest BCUT2D eigenvalue weighted by molar-refractivity contribution is 7.80. The van der Waals surface area contributed by atoms with Crippen LogP contribution in [0.25, 0.3) is 16.8 Å². The zero-order valence-corrected chi connectivity index (χ0v) is 20.0. The molecule has 4 aromatic carbocycles. The van der Waals surface area contributed by atoms with Crippen molar-refractivity contribution < 1.29 is 22.8 Å². The van der Waals surface area contributed by atoms with Crippen molar-refractivity contribution in [3.63, 3.8) is 0 Å². The monoisotopic (exact) mass is 519 g/mol. The molecule has 9 heteroatoms. The van der Waals surface area contributed by atoms with Crippen LogP contribution < -0.4 is 16.0 Å². The number of hydrogen-bond acceptors (Lipinski definition) is 3. The highest BCUT2D eigenvalue weighted by Gasteiger charge is 2.30. The van der Waals surface area contributed by atoms with Gasteiger partial charge in [-0.1, -0.05) is 54.6 Å². The maximum absolute atomic E-state index is 12.9. The van der Waals surface area contributed by atoms with E-state index in [-0.39, 0.29) is 16.4 Å². The van der Waals surface area contributed by atoms with Crippen LogP contribution in [0, 0.1) is 0 Å². The minimum atomic E-state index is -4.52. The van der Waals surface area contributed by atoms with E-state index in [1.165, 1.54) is 30.3 Å². The van der Waals surface area contributed by atoms with Gasteiger partial charge in [0.05, 0.1) is 5.56 Å². The number of amides is 2. The zero-order chi connectivity index (χ0) is 26.4. The summed E-state index contributed by atoms with van der Waals surface area (Å²) in [6.45, 7) is 0. The lowest BCUT2D eigenvalue weighted by molar-refractivity contribution is -0.137. The normalized spacial score (nSPS) is 11.3. The summed E-state index contributed by atoms with van der Waals surface area (Å²) in [6.07, 6.45) is -1.46. The second-order valence-electron chi connectivity index (χ2n) is 7.96. The lowest BCUT2D eigenvalue weighted by Gasteiger charge is -2.11. The van der Waals surface area contributed by atoms with Crippen LogP contribution in [0.5, 0.6) is 0 Å². The van der Waals surface area contributed by atoms with E-state index >= 15 is 0 Å². The summed E-state index contributed by atoms with van der Waals surface area (Å²) in [5.74, 6) is -1.04. The first kappa shape index (κ1) is 25.6. The first-order chi connectivity index (χ1) is 17.7. The van der Waals surface area contributed by atoms with Gasteiger partial charge in [-0.25, -0.2) is 0 Å². The molecule has 0 aromatic heterocycles. The van der Waals surface area contributed by atoms with Gasteiger partial charge < -0.3 is 10.6 Å². The first-order valence-electron chi connectivity index (χ1n) is 11.1. The Morgan fingerprint density at radius 1 is 0.784 bits per heavy atom. The van der Waals surface area contributed by atoms with Crippen molar-refractivity contribution in [3.05, 3.63) is 114 Å². The van der Waals surface area contributed by atoms with Crippen molar-refractivity contribution in [1.29, 1.82) is 0 Å². The number of anilines is 2. The summed E-state index contributed by atoms with van der Waals surface area (Å²) >= 11 is 5.20. The highest BCUT2D eigenvalue weighted by atomic mass is 32.1. The predicted molar refractivity (Wildman–Crippen MR) is 143 cm³/mol. The highest BCUT2D eigenvalue weighted by Crippen LogP contribution is 2.30. The van der Waals surface area contributed by atoms with Gasteiger partial charge in [0.2, 0.25) is 5.91 Å². The number of carbonyl (C=O) groups is 2. The maximum atomic E-state index is 12.9. The van der Waals surface area contributed by atoms with Gasteiger partial charge in [-0.2, -0.15) is 13.2 Å².